The van der Waals surface area contributed by atoms with Crippen LogP contribution in [0.3, 0.4) is 0 Å². The summed E-state index contributed by atoms with van der Waals surface area (Å²) in [4.78, 5) is 15.0. The first-order valence-electron chi connectivity index (χ1n) is 11.4. The molecule has 2 aliphatic heterocycles. The molecular formula is C25H32N2O5. The highest BCUT2D eigenvalue weighted by Crippen LogP contribution is 2.39. The van der Waals surface area contributed by atoms with Crippen molar-refractivity contribution in [3.05, 3.63) is 41.5 Å². The molecule has 2 heterocycles. The summed E-state index contributed by atoms with van der Waals surface area (Å²) in [7, 11) is 0. The van der Waals surface area contributed by atoms with Crippen molar-refractivity contribution in [2.45, 2.75) is 39.7 Å². The van der Waals surface area contributed by atoms with Gasteiger partial charge in [-0.1, -0.05) is 0 Å². The van der Waals surface area contributed by atoms with Gasteiger partial charge in [0.05, 0.1) is 33.0 Å². The van der Waals surface area contributed by atoms with Crippen LogP contribution in [0.15, 0.2) is 30.3 Å². The summed E-state index contributed by atoms with van der Waals surface area (Å²) in [6.45, 7) is 9.55. The third kappa shape index (κ3) is 4.93. The predicted molar refractivity (Wildman–Crippen MR) is 123 cm³/mol. The molecule has 0 bridgehead atoms. The van der Waals surface area contributed by atoms with Crippen molar-refractivity contribution in [3.63, 3.8) is 0 Å². The second-order valence-electron chi connectivity index (χ2n) is 8.02. The van der Waals surface area contributed by atoms with E-state index in [1.165, 1.54) is 11.1 Å². The van der Waals surface area contributed by atoms with E-state index in [4.69, 9.17) is 18.9 Å². The van der Waals surface area contributed by atoms with Crippen molar-refractivity contribution in [3.8, 4) is 23.0 Å². The number of rotatable bonds is 7. The molecule has 0 spiro atoms. The van der Waals surface area contributed by atoms with Crippen LogP contribution in [0.1, 0.15) is 44.4 Å². The first-order chi connectivity index (χ1) is 15.6. The van der Waals surface area contributed by atoms with Crippen LogP contribution in [0, 0.1) is 0 Å². The van der Waals surface area contributed by atoms with Gasteiger partial charge in [0.2, 0.25) is 5.91 Å². The lowest BCUT2D eigenvalue weighted by Crippen LogP contribution is -2.39. The van der Waals surface area contributed by atoms with Gasteiger partial charge in [0.25, 0.3) is 0 Å². The van der Waals surface area contributed by atoms with Crippen LogP contribution in [0.4, 0.5) is 5.69 Å². The molecule has 0 unspecified atom stereocenters. The van der Waals surface area contributed by atoms with Crippen molar-refractivity contribution in [1.82, 2.24) is 4.90 Å². The van der Waals surface area contributed by atoms with E-state index in [2.05, 4.69) is 29.3 Å². The van der Waals surface area contributed by atoms with Gasteiger partial charge in [-0.25, -0.2) is 0 Å². The van der Waals surface area contributed by atoms with E-state index in [0.29, 0.717) is 50.2 Å². The third-order valence-electron chi connectivity index (χ3n) is 5.85. The molecule has 1 amide bonds. The number of hydrogen-bond donors (Lipinski definition) is 1. The Kier molecular flexibility index (Phi) is 7.05. The SMILES string of the molecule is CCOc1ccc(NC(=O)CN2CCc3cc4c(cc3[C@H]2C)OCCCO4)cc1OCC. The van der Waals surface area contributed by atoms with Gasteiger partial charge in [-0.15, -0.1) is 0 Å². The zero-order chi connectivity index (χ0) is 22.5. The zero-order valence-electron chi connectivity index (χ0n) is 19.1. The molecule has 0 fully saturated rings. The molecule has 0 saturated heterocycles. The Morgan fingerprint density at radius 1 is 1.06 bits per heavy atom. The van der Waals surface area contributed by atoms with Gasteiger partial charge < -0.3 is 24.3 Å². The maximum Gasteiger partial charge on any atom is 0.238 e. The monoisotopic (exact) mass is 440 g/mol. The lowest BCUT2D eigenvalue weighted by molar-refractivity contribution is -0.117. The Morgan fingerprint density at radius 3 is 2.53 bits per heavy atom. The van der Waals surface area contributed by atoms with Crippen molar-refractivity contribution >= 4 is 11.6 Å². The Hall–Kier alpha value is -2.93. The minimum absolute atomic E-state index is 0.0544. The number of anilines is 1. The quantitative estimate of drug-likeness (QED) is 0.696. The van der Waals surface area contributed by atoms with Crippen molar-refractivity contribution in [1.29, 1.82) is 0 Å². The Labute approximate surface area is 189 Å². The highest BCUT2D eigenvalue weighted by atomic mass is 16.5. The van der Waals surface area contributed by atoms with E-state index in [-0.39, 0.29) is 11.9 Å². The average molecular weight is 441 g/mol. The predicted octanol–water partition coefficient (Wildman–Crippen LogP) is 4.20. The van der Waals surface area contributed by atoms with E-state index >= 15 is 0 Å². The topological polar surface area (TPSA) is 69.3 Å². The summed E-state index contributed by atoms with van der Waals surface area (Å²) in [5, 5.41) is 3.00. The Balaban J connectivity index is 1.43. The number of benzene rings is 2. The number of amides is 1. The van der Waals surface area contributed by atoms with E-state index < -0.39 is 0 Å². The minimum Gasteiger partial charge on any atom is -0.490 e. The zero-order valence-corrected chi connectivity index (χ0v) is 19.1. The summed E-state index contributed by atoms with van der Waals surface area (Å²) < 4.78 is 23.0. The lowest BCUT2D eigenvalue weighted by Gasteiger charge is -2.35. The Morgan fingerprint density at radius 2 is 1.78 bits per heavy atom. The number of ether oxygens (including phenoxy) is 4. The van der Waals surface area contributed by atoms with E-state index in [1.807, 2.05) is 32.0 Å². The highest BCUT2D eigenvalue weighted by molar-refractivity contribution is 5.92. The molecule has 2 aromatic rings. The van der Waals surface area contributed by atoms with Crippen LogP contribution < -0.4 is 24.3 Å². The summed E-state index contributed by atoms with van der Waals surface area (Å²) in [5.41, 5.74) is 3.17. The largest absolute Gasteiger partial charge is 0.490 e. The van der Waals surface area contributed by atoms with Crippen LogP contribution in [0.2, 0.25) is 0 Å². The molecular weight excluding hydrogens is 408 g/mol. The van der Waals surface area contributed by atoms with Gasteiger partial charge >= 0.3 is 0 Å². The number of fused-ring (bicyclic) bond motifs is 2. The summed E-state index contributed by atoms with van der Waals surface area (Å²) >= 11 is 0. The molecule has 7 heteroatoms. The Bertz CT molecular complexity index is 962. The number of nitrogens with zero attached hydrogens (tertiary/aromatic N) is 1. The average Bonchev–Trinajstić information content (AvgIpc) is 3.01. The molecule has 0 saturated carbocycles. The first kappa shape index (κ1) is 22.3. The van der Waals surface area contributed by atoms with Gasteiger partial charge in [-0.3, -0.25) is 9.69 Å². The number of nitrogens with one attached hydrogen (secondary N) is 1. The third-order valence-corrected chi connectivity index (χ3v) is 5.85. The normalized spacial score (nSPS) is 17.8. The van der Waals surface area contributed by atoms with Crippen molar-refractivity contribution < 1.29 is 23.7 Å². The highest BCUT2D eigenvalue weighted by Gasteiger charge is 2.28. The second-order valence-corrected chi connectivity index (χ2v) is 8.02. The summed E-state index contributed by atoms with van der Waals surface area (Å²) in [5.74, 6) is 2.90. The molecule has 4 rings (SSSR count). The smallest absolute Gasteiger partial charge is 0.238 e. The van der Waals surface area contributed by atoms with Gasteiger partial charge in [0.15, 0.2) is 23.0 Å². The summed E-state index contributed by atoms with van der Waals surface area (Å²) in [6.07, 6.45) is 1.76. The van der Waals surface area contributed by atoms with Crippen LogP contribution in [-0.2, 0) is 11.2 Å². The van der Waals surface area contributed by atoms with Crippen LogP contribution >= 0.6 is 0 Å². The fourth-order valence-corrected chi connectivity index (χ4v) is 4.26. The molecule has 0 aromatic heterocycles. The van der Waals surface area contributed by atoms with Gasteiger partial charge in [0.1, 0.15) is 0 Å². The maximum absolute atomic E-state index is 12.8. The van der Waals surface area contributed by atoms with Crippen LogP contribution in [0.5, 0.6) is 23.0 Å². The molecule has 1 N–H and O–H groups in total. The molecule has 2 aliphatic rings. The van der Waals surface area contributed by atoms with E-state index in [1.54, 1.807) is 0 Å². The van der Waals surface area contributed by atoms with Crippen molar-refractivity contribution in [2.75, 3.05) is 44.8 Å². The van der Waals surface area contributed by atoms with Crippen molar-refractivity contribution in [2.24, 2.45) is 0 Å². The molecule has 0 radical (unpaired) electrons. The van der Waals surface area contributed by atoms with Gasteiger partial charge in [-0.05, 0) is 62.6 Å². The molecule has 32 heavy (non-hydrogen) atoms. The second kappa shape index (κ2) is 10.1. The fraction of sp³-hybridized carbons (Fsp3) is 0.480. The van der Waals surface area contributed by atoms with Gasteiger partial charge in [0, 0.05) is 30.8 Å². The number of hydrogen-bond acceptors (Lipinski definition) is 6. The van der Waals surface area contributed by atoms with E-state index in [0.717, 1.165) is 30.9 Å². The first-order valence-corrected chi connectivity index (χ1v) is 11.4. The minimum atomic E-state index is -0.0544. The molecule has 172 valence electrons. The number of carbonyl (C=O) groups is 1. The lowest BCUT2D eigenvalue weighted by atomic mass is 9.93. The van der Waals surface area contributed by atoms with Gasteiger partial charge in [-0.2, -0.15) is 0 Å². The maximum atomic E-state index is 12.8. The van der Waals surface area contributed by atoms with Crippen LogP contribution in [-0.4, -0.2) is 50.3 Å². The molecule has 0 aliphatic carbocycles. The molecule has 1 atom stereocenters. The van der Waals surface area contributed by atoms with Crippen LogP contribution in [0.25, 0.3) is 0 Å². The molecule has 2 aromatic carbocycles. The van der Waals surface area contributed by atoms with E-state index in [9.17, 15) is 4.79 Å². The molecule has 7 nitrogen and oxygen atoms in total. The standard InChI is InChI=1S/C25H32N2O5/c1-4-29-21-8-7-19(14-23(21)30-5-2)26-25(28)16-27-10-9-18-13-22-24(15-20(18)17(27)3)32-12-6-11-31-22/h7-8,13-15,17H,4-6,9-12,16H2,1-3H3,(H,26,28)/t17-/m1/s1. The summed E-state index contributed by atoms with van der Waals surface area (Å²) in [6, 6.07) is 9.80. The fourth-order valence-electron chi connectivity index (χ4n) is 4.26. The number of carbonyl (C=O) groups excluding carboxylic acids is 1.